The van der Waals surface area contributed by atoms with Crippen LogP contribution in [0.5, 0.6) is 0 Å². The SMILES string of the molecule is O=c1c2ccc(Cl)cc2nc(SCc2cccc(C(F)(F)F)c2)n1C1CCCC1. The third-order valence-electron chi connectivity index (χ3n) is 5.14. The van der Waals surface area contributed by atoms with Crippen LogP contribution in [0, 0.1) is 0 Å². The molecule has 1 fully saturated rings. The first-order valence-corrected chi connectivity index (χ1v) is 10.7. The Morgan fingerprint density at radius 1 is 1.14 bits per heavy atom. The normalized spacial score (nSPS) is 15.3. The summed E-state index contributed by atoms with van der Waals surface area (Å²) in [6.45, 7) is 0. The largest absolute Gasteiger partial charge is 0.416 e. The van der Waals surface area contributed by atoms with E-state index in [4.69, 9.17) is 11.6 Å². The van der Waals surface area contributed by atoms with Crippen molar-refractivity contribution in [2.75, 3.05) is 0 Å². The van der Waals surface area contributed by atoms with E-state index in [0.717, 1.165) is 37.8 Å². The van der Waals surface area contributed by atoms with Gasteiger partial charge in [0.05, 0.1) is 16.5 Å². The molecule has 0 bridgehead atoms. The lowest BCUT2D eigenvalue weighted by Crippen LogP contribution is -2.26. The fourth-order valence-corrected chi connectivity index (χ4v) is 4.90. The average Bonchev–Trinajstić information content (AvgIpc) is 3.20. The van der Waals surface area contributed by atoms with Gasteiger partial charge in [-0.25, -0.2) is 4.98 Å². The Kier molecular flexibility index (Phi) is 5.62. The molecule has 1 aliphatic rings. The predicted octanol–water partition coefficient (Wildman–Crippen LogP) is 6.48. The van der Waals surface area contributed by atoms with Gasteiger partial charge in [0.15, 0.2) is 5.16 Å². The summed E-state index contributed by atoms with van der Waals surface area (Å²) in [6, 6.07) is 10.3. The Bertz CT molecular complexity index is 1110. The Balaban J connectivity index is 1.72. The van der Waals surface area contributed by atoms with Gasteiger partial charge in [-0.1, -0.05) is 54.4 Å². The molecule has 152 valence electrons. The van der Waals surface area contributed by atoms with E-state index in [1.165, 1.54) is 17.8 Å². The maximum Gasteiger partial charge on any atom is 0.416 e. The van der Waals surface area contributed by atoms with Gasteiger partial charge in [0.1, 0.15) is 0 Å². The second-order valence-electron chi connectivity index (χ2n) is 7.16. The minimum atomic E-state index is -4.38. The van der Waals surface area contributed by atoms with Gasteiger partial charge >= 0.3 is 6.18 Å². The highest BCUT2D eigenvalue weighted by atomic mass is 35.5. The summed E-state index contributed by atoms with van der Waals surface area (Å²) in [4.78, 5) is 17.8. The average molecular weight is 439 g/mol. The van der Waals surface area contributed by atoms with Crippen LogP contribution in [0.2, 0.25) is 5.02 Å². The molecule has 0 amide bonds. The Morgan fingerprint density at radius 2 is 1.90 bits per heavy atom. The van der Waals surface area contributed by atoms with E-state index < -0.39 is 11.7 Å². The van der Waals surface area contributed by atoms with Crippen molar-refractivity contribution in [2.24, 2.45) is 0 Å². The van der Waals surface area contributed by atoms with E-state index in [-0.39, 0.29) is 17.4 Å². The van der Waals surface area contributed by atoms with Crippen molar-refractivity contribution in [3.63, 3.8) is 0 Å². The second kappa shape index (κ2) is 8.03. The fourth-order valence-electron chi connectivity index (χ4n) is 3.72. The number of fused-ring (bicyclic) bond motifs is 1. The zero-order valence-electron chi connectivity index (χ0n) is 15.4. The molecule has 0 unspecified atom stereocenters. The molecule has 0 N–H and O–H groups in total. The van der Waals surface area contributed by atoms with Crippen molar-refractivity contribution in [1.29, 1.82) is 0 Å². The molecule has 2 aromatic carbocycles. The summed E-state index contributed by atoms with van der Waals surface area (Å²) in [5.74, 6) is 0.287. The molecule has 1 saturated carbocycles. The van der Waals surface area contributed by atoms with E-state index in [9.17, 15) is 18.0 Å². The van der Waals surface area contributed by atoms with Gasteiger partial charge in [0, 0.05) is 16.8 Å². The Hall–Kier alpha value is -1.99. The number of thioether (sulfide) groups is 1. The molecule has 3 aromatic rings. The molecular weight excluding hydrogens is 421 g/mol. The molecule has 1 aliphatic carbocycles. The molecule has 29 heavy (non-hydrogen) atoms. The van der Waals surface area contributed by atoms with Crippen molar-refractivity contribution in [1.82, 2.24) is 9.55 Å². The van der Waals surface area contributed by atoms with E-state index in [1.54, 1.807) is 28.8 Å². The summed E-state index contributed by atoms with van der Waals surface area (Å²) in [7, 11) is 0. The predicted molar refractivity (Wildman–Crippen MR) is 110 cm³/mol. The Labute approximate surface area is 174 Å². The first kappa shape index (κ1) is 20.3. The first-order valence-electron chi connectivity index (χ1n) is 9.33. The molecule has 0 atom stereocenters. The topological polar surface area (TPSA) is 34.9 Å². The molecule has 8 heteroatoms. The Morgan fingerprint density at radius 3 is 2.62 bits per heavy atom. The van der Waals surface area contributed by atoms with Crippen LogP contribution in [-0.4, -0.2) is 9.55 Å². The van der Waals surface area contributed by atoms with E-state index in [1.807, 2.05) is 0 Å². The molecule has 0 aliphatic heterocycles. The van der Waals surface area contributed by atoms with Crippen molar-refractivity contribution >= 4 is 34.3 Å². The number of nitrogens with zero attached hydrogens (tertiary/aromatic N) is 2. The maximum atomic E-state index is 13.2. The number of hydrogen-bond donors (Lipinski definition) is 0. The van der Waals surface area contributed by atoms with Gasteiger partial charge in [-0.05, 0) is 42.7 Å². The van der Waals surface area contributed by atoms with E-state index in [0.29, 0.717) is 26.6 Å². The van der Waals surface area contributed by atoms with Gasteiger partial charge in [0.25, 0.3) is 5.56 Å². The summed E-state index contributed by atoms with van der Waals surface area (Å²) in [5.41, 5.74) is 0.235. The van der Waals surface area contributed by atoms with Crippen molar-refractivity contribution in [2.45, 2.75) is 48.8 Å². The smallest absolute Gasteiger partial charge is 0.284 e. The lowest BCUT2D eigenvalue weighted by molar-refractivity contribution is -0.137. The lowest BCUT2D eigenvalue weighted by atomic mass is 10.1. The van der Waals surface area contributed by atoms with Crippen LogP contribution in [0.1, 0.15) is 42.9 Å². The zero-order chi connectivity index (χ0) is 20.6. The van der Waals surface area contributed by atoms with Crippen LogP contribution in [0.3, 0.4) is 0 Å². The zero-order valence-corrected chi connectivity index (χ0v) is 16.9. The molecular formula is C21H18ClF3N2OS. The number of aromatic nitrogens is 2. The third-order valence-corrected chi connectivity index (χ3v) is 6.40. The highest BCUT2D eigenvalue weighted by Gasteiger charge is 2.30. The maximum absolute atomic E-state index is 13.2. The minimum Gasteiger partial charge on any atom is -0.284 e. The monoisotopic (exact) mass is 438 g/mol. The summed E-state index contributed by atoms with van der Waals surface area (Å²) >= 11 is 7.34. The molecule has 1 aromatic heterocycles. The summed E-state index contributed by atoms with van der Waals surface area (Å²) < 4.78 is 40.7. The van der Waals surface area contributed by atoms with E-state index in [2.05, 4.69) is 4.98 Å². The summed E-state index contributed by atoms with van der Waals surface area (Å²) in [5, 5.41) is 1.51. The van der Waals surface area contributed by atoms with Gasteiger partial charge < -0.3 is 0 Å². The number of halogens is 4. The van der Waals surface area contributed by atoms with Gasteiger partial charge in [-0.2, -0.15) is 13.2 Å². The number of rotatable bonds is 4. The van der Waals surface area contributed by atoms with Crippen LogP contribution in [-0.2, 0) is 11.9 Å². The van der Waals surface area contributed by atoms with Gasteiger partial charge in [-0.15, -0.1) is 0 Å². The molecule has 0 saturated heterocycles. The highest BCUT2D eigenvalue weighted by molar-refractivity contribution is 7.98. The summed E-state index contributed by atoms with van der Waals surface area (Å²) in [6.07, 6.45) is -0.485. The second-order valence-corrected chi connectivity index (χ2v) is 8.54. The number of hydrogen-bond acceptors (Lipinski definition) is 3. The number of alkyl halides is 3. The van der Waals surface area contributed by atoms with Crippen molar-refractivity contribution < 1.29 is 13.2 Å². The van der Waals surface area contributed by atoms with Crippen LogP contribution >= 0.6 is 23.4 Å². The highest BCUT2D eigenvalue weighted by Crippen LogP contribution is 2.34. The van der Waals surface area contributed by atoms with Crippen molar-refractivity contribution in [3.05, 3.63) is 69.0 Å². The van der Waals surface area contributed by atoms with Crippen LogP contribution in [0.25, 0.3) is 10.9 Å². The van der Waals surface area contributed by atoms with Crippen LogP contribution in [0.4, 0.5) is 13.2 Å². The quantitative estimate of drug-likeness (QED) is 0.345. The van der Waals surface area contributed by atoms with Gasteiger partial charge in [0.2, 0.25) is 0 Å². The van der Waals surface area contributed by atoms with E-state index >= 15 is 0 Å². The lowest BCUT2D eigenvalue weighted by Gasteiger charge is -2.19. The first-order chi connectivity index (χ1) is 13.8. The molecule has 3 nitrogen and oxygen atoms in total. The fraction of sp³-hybridized carbons (Fsp3) is 0.333. The van der Waals surface area contributed by atoms with Crippen molar-refractivity contribution in [3.8, 4) is 0 Å². The standard InChI is InChI=1S/C21H18ClF3N2OS/c22-15-8-9-17-18(11-15)26-20(27(19(17)28)16-6-1-2-7-16)29-12-13-4-3-5-14(10-13)21(23,24)25/h3-5,8-11,16H,1-2,6-7,12H2. The third kappa shape index (κ3) is 4.31. The molecule has 0 spiro atoms. The van der Waals surface area contributed by atoms with Gasteiger partial charge in [-0.3, -0.25) is 9.36 Å². The van der Waals surface area contributed by atoms with Crippen LogP contribution in [0.15, 0.2) is 52.4 Å². The van der Waals surface area contributed by atoms with Crippen LogP contribution < -0.4 is 5.56 Å². The molecule has 4 rings (SSSR count). The molecule has 0 radical (unpaired) electrons. The molecule has 1 heterocycles. The minimum absolute atomic E-state index is 0.0686. The number of benzene rings is 2.